The van der Waals surface area contributed by atoms with E-state index in [1.807, 2.05) is 11.7 Å². The fourth-order valence-corrected chi connectivity index (χ4v) is 5.27. The van der Waals surface area contributed by atoms with Crippen LogP contribution in [-0.4, -0.2) is 35.6 Å². The zero-order valence-corrected chi connectivity index (χ0v) is 15.5. The third-order valence-electron chi connectivity index (χ3n) is 5.54. The first-order valence-corrected chi connectivity index (χ1v) is 10.2. The molecule has 2 heterocycles. The van der Waals surface area contributed by atoms with Crippen LogP contribution in [0.2, 0.25) is 0 Å². The minimum atomic E-state index is 0.679. The van der Waals surface area contributed by atoms with Crippen molar-refractivity contribution in [3.63, 3.8) is 0 Å². The zero-order valence-electron chi connectivity index (χ0n) is 14.7. The molecular formula is C20H27N3S. The van der Waals surface area contributed by atoms with E-state index in [1.165, 1.54) is 54.9 Å². The minimum Gasteiger partial charge on any atom is -0.384 e. The molecule has 0 fully saturated rings. The highest BCUT2D eigenvalue weighted by molar-refractivity contribution is 7.13. The van der Waals surface area contributed by atoms with E-state index in [4.69, 9.17) is 0 Å². The summed E-state index contributed by atoms with van der Waals surface area (Å²) in [6.45, 7) is 8.17. The third kappa shape index (κ3) is 2.76. The van der Waals surface area contributed by atoms with E-state index in [0.717, 1.165) is 6.54 Å². The van der Waals surface area contributed by atoms with Crippen LogP contribution in [0.1, 0.15) is 50.2 Å². The smallest absolute Gasteiger partial charge is 0.0797 e. The van der Waals surface area contributed by atoms with Gasteiger partial charge in [-0.1, -0.05) is 19.9 Å². The van der Waals surface area contributed by atoms with Crippen LogP contribution in [0.25, 0.3) is 10.4 Å². The molecule has 24 heavy (non-hydrogen) atoms. The Morgan fingerprint density at radius 3 is 2.79 bits per heavy atom. The standard InChI is InChI=1S/C20H27N3S/c1-3-7-23(8-4-2)15-9-14-11-22-18-6-5-16(17(10-15)20(14)18)19-12-21-13-24-19/h5-6,12-15,22H,3-4,7-11H2,1-2H3. The number of aromatic nitrogens is 1. The van der Waals surface area contributed by atoms with Crippen molar-refractivity contribution in [2.75, 3.05) is 25.0 Å². The first-order valence-electron chi connectivity index (χ1n) is 9.34. The number of anilines is 1. The monoisotopic (exact) mass is 341 g/mol. The van der Waals surface area contributed by atoms with Crippen LogP contribution < -0.4 is 5.32 Å². The molecule has 0 saturated carbocycles. The number of rotatable bonds is 6. The lowest BCUT2D eigenvalue weighted by Gasteiger charge is -2.37. The molecule has 1 aromatic carbocycles. The second-order valence-corrected chi connectivity index (χ2v) is 8.01. The number of hydrogen-bond acceptors (Lipinski definition) is 4. The fraction of sp³-hybridized carbons (Fsp3) is 0.550. The van der Waals surface area contributed by atoms with E-state index in [1.54, 1.807) is 22.5 Å². The van der Waals surface area contributed by atoms with E-state index >= 15 is 0 Å². The molecule has 2 aliphatic rings. The molecule has 0 amide bonds. The first kappa shape index (κ1) is 16.1. The van der Waals surface area contributed by atoms with Gasteiger partial charge >= 0.3 is 0 Å². The summed E-state index contributed by atoms with van der Waals surface area (Å²) in [5.41, 5.74) is 7.93. The van der Waals surface area contributed by atoms with Gasteiger partial charge in [-0.05, 0) is 61.5 Å². The van der Waals surface area contributed by atoms with Crippen molar-refractivity contribution < 1.29 is 0 Å². The lowest BCUT2D eigenvalue weighted by atomic mass is 9.78. The Kier molecular flexibility index (Phi) is 4.59. The van der Waals surface area contributed by atoms with Gasteiger partial charge in [0.25, 0.3) is 0 Å². The summed E-state index contributed by atoms with van der Waals surface area (Å²) >= 11 is 1.76. The van der Waals surface area contributed by atoms with Gasteiger partial charge < -0.3 is 10.2 Å². The predicted octanol–water partition coefficient (Wildman–Crippen LogP) is 4.76. The molecule has 2 unspecified atom stereocenters. The molecule has 0 spiro atoms. The highest BCUT2D eigenvalue weighted by Crippen LogP contribution is 2.46. The summed E-state index contributed by atoms with van der Waals surface area (Å²) in [7, 11) is 0. The SMILES string of the molecule is CCCN(CCC)C1Cc2c(-c3cncs3)ccc3c2C(CN3)C1. The Balaban J connectivity index is 1.73. The quantitative estimate of drug-likeness (QED) is 0.821. The topological polar surface area (TPSA) is 28.2 Å². The van der Waals surface area contributed by atoms with Crippen molar-refractivity contribution in [2.45, 2.75) is 51.5 Å². The van der Waals surface area contributed by atoms with Gasteiger partial charge in [-0.2, -0.15) is 0 Å². The summed E-state index contributed by atoms with van der Waals surface area (Å²) in [6, 6.07) is 5.28. The Hall–Kier alpha value is -1.39. The molecule has 0 saturated heterocycles. The molecule has 1 aliphatic heterocycles. The summed E-state index contributed by atoms with van der Waals surface area (Å²) < 4.78 is 0. The summed E-state index contributed by atoms with van der Waals surface area (Å²) in [4.78, 5) is 8.37. The summed E-state index contributed by atoms with van der Waals surface area (Å²) in [6.07, 6.45) is 7.01. The van der Waals surface area contributed by atoms with Crippen LogP contribution in [0, 0.1) is 0 Å². The van der Waals surface area contributed by atoms with Crippen LogP contribution in [0.15, 0.2) is 23.8 Å². The fourth-order valence-electron chi connectivity index (χ4n) is 4.60. The van der Waals surface area contributed by atoms with Crippen molar-refractivity contribution in [1.29, 1.82) is 0 Å². The molecule has 2 aromatic rings. The molecular weight excluding hydrogens is 314 g/mol. The highest BCUT2D eigenvalue weighted by atomic mass is 32.1. The van der Waals surface area contributed by atoms with Gasteiger partial charge in [-0.15, -0.1) is 11.3 Å². The summed E-state index contributed by atoms with van der Waals surface area (Å²) in [5.74, 6) is 0.679. The van der Waals surface area contributed by atoms with Crippen molar-refractivity contribution in [1.82, 2.24) is 9.88 Å². The van der Waals surface area contributed by atoms with Crippen LogP contribution in [0.5, 0.6) is 0 Å². The second-order valence-electron chi connectivity index (χ2n) is 7.13. The molecule has 1 aliphatic carbocycles. The van der Waals surface area contributed by atoms with Crippen LogP contribution in [0.3, 0.4) is 0 Å². The first-order chi connectivity index (χ1) is 11.8. The van der Waals surface area contributed by atoms with Gasteiger partial charge in [0.15, 0.2) is 0 Å². The molecule has 128 valence electrons. The Labute approximate surface area is 149 Å². The normalized spacial score (nSPS) is 21.8. The number of nitrogens with zero attached hydrogens (tertiary/aromatic N) is 2. The van der Waals surface area contributed by atoms with E-state index in [-0.39, 0.29) is 0 Å². The Morgan fingerprint density at radius 1 is 1.25 bits per heavy atom. The van der Waals surface area contributed by atoms with Crippen molar-refractivity contribution in [2.24, 2.45) is 0 Å². The predicted molar refractivity (Wildman–Crippen MR) is 103 cm³/mol. The minimum absolute atomic E-state index is 0.679. The Bertz CT molecular complexity index is 689. The lowest BCUT2D eigenvalue weighted by Crippen LogP contribution is -2.41. The van der Waals surface area contributed by atoms with Crippen LogP contribution in [0.4, 0.5) is 5.69 Å². The van der Waals surface area contributed by atoms with E-state index in [2.05, 4.69) is 41.2 Å². The molecule has 0 radical (unpaired) electrons. The number of benzene rings is 1. The van der Waals surface area contributed by atoms with Gasteiger partial charge in [0.1, 0.15) is 0 Å². The van der Waals surface area contributed by atoms with Crippen molar-refractivity contribution in [3.8, 4) is 10.4 Å². The Morgan fingerprint density at radius 2 is 2.08 bits per heavy atom. The van der Waals surface area contributed by atoms with Gasteiger partial charge in [0.05, 0.1) is 10.4 Å². The summed E-state index contributed by atoms with van der Waals surface area (Å²) in [5, 5.41) is 3.65. The molecule has 1 N–H and O–H groups in total. The maximum atomic E-state index is 4.31. The largest absolute Gasteiger partial charge is 0.384 e. The van der Waals surface area contributed by atoms with E-state index in [0.29, 0.717) is 12.0 Å². The van der Waals surface area contributed by atoms with Gasteiger partial charge in [0, 0.05) is 30.4 Å². The van der Waals surface area contributed by atoms with Gasteiger partial charge in [0.2, 0.25) is 0 Å². The van der Waals surface area contributed by atoms with Crippen LogP contribution >= 0.6 is 11.3 Å². The van der Waals surface area contributed by atoms with Crippen molar-refractivity contribution in [3.05, 3.63) is 35.0 Å². The number of nitrogens with one attached hydrogen (secondary N) is 1. The highest BCUT2D eigenvalue weighted by Gasteiger charge is 2.36. The number of hydrogen-bond donors (Lipinski definition) is 1. The maximum Gasteiger partial charge on any atom is 0.0797 e. The number of thiazole rings is 1. The molecule has 2 atom stereocenters. The molecule has 1 aromatic heterocycles. The molecule has 3 nitrogen and oxygen atoms in total. The molecule has 4 heteroatoms. The van der Waals surface area contributed by atoms with E-state index in [9.17, 15) is 0 Å². The maximum absolute atomic E-state index is 4.31. The van der Waals surface area contributed by atoms with Crippen LogP contribution in [-0.2, 0) is 6.42 Å². The molecule has 0 bridgehead atoms. The third-order valence-corrected chi connectivity index (χ3v) is 6.34. The van der Waals surface area contributed by atoms with Gasteiger partial charge in [-0.25, -0.2) is 0 Å². The average Bonchev–Trinajstić information content (AvgIpc) is 3.26. The van der Waals surface area contributed by atoms with Gasteiger partial charge in [-0.3, -0.25) is 4.98 Å². The second kappa shape index (κ2) is 6.85. The average molecular weight is 342 g/mol. The molecule has 4 rings (SSSR count). The zero-order chi connectivity index (χ0) is 16.5. The van der Waals surface area contributed by atoms with E-state index < -0.39 is 0 Å². The van der Waals surface area contributed by atoms with Crippen molar-refractivity contribution >= 4 is 17.0 Å². The lowest BCUT2D eigenvalue weighted by molar-refractivity contribution is 0.173.